The molecular formula is C27H36ClN5O2. The lowest BCUT2D eigenvalue weighted by atomic mass is 10.0. The highest BCUT2D eigenvalue weighted by Crippen LogP contribution is 2.62. The summed E-state index contributed by atoms with van der Waals surface area (Å²) in [5, 5.41) is 15.6. The van der Waals surface area contributed by atoms with Crippen LogP contribution in [0.3, 0.4) is 0 Å². The van der Waals surface area contributed by atoms with E-state index in [0.29, 0.717) is 49.4 Å². The first kappa shape index (κ1) is 23.3. The fraction of sp³-hybridized carbons (Fsp3) is 0.630. The lowest BCUT2D eigenvalue weighted by molar-refractivity contribution is 0.0539. The molecule has 1 N–H and O–H groups in total. The van der Waals surface area contributed by atoms with Gasteiger partial charge >= 0.3 is 0 Å². The monoisotopic (exact) mass is 497 g/mol. The number of aromatic nitrogens is 2. The van der Waals surface area contributed by atoms with E-state index in [0.717, 1.165) is 56.3 Å². The van der Waals surface area contributed by atoms with Crippen molar-refractivity contribution in [3.05, 3.63) is 45.7 Å². The van der Waals surface area contributed by atoms with E-state index in [4.69, 9.17) is 16.7 Å². The number of aliphatic hydroxyl groups is 1. The van der Waals surface area contributed by atoms with Crippen LogP contribution in [-0.4, -0.2) is 82.5 Å². The molecule has 6 rings (SSSR count). The fourth-order valence-corrected chi connectivity index (χ4v) is 6.75. The number of likely N-dealkylation sites (tertiary alicyclic amines) is 1. The number of nitrogens with zero attached hydrogens (tertiary/aromatic N) is 5. The van der Waals surface area contributed by atoms with E-state index in [-0.39, 0.29) is 12.0 Å². The van der Waals surface area contributed by atoms with Crippen LogP contribution in [0.1, 0.15) is 53.0 Å². The molecule has 3 fully saturated rings. The minimum Gasteiger partial charge on any atom is -0.393 e. The van der Waals surface area contributed by atoms with Gasteiger partial charge < -0.3 is 14.9 Å². The van der Waals surface area contributed by atoms with Gasteiger partial charge in [-0.2, -0.15) is 5.10 Å². The second-order valence-corrected chi connectivity index (χ2v) is 11.3. The number of aliphatic hydroxyl groups excluding tert-OH is 1. The molecule has 1 aromatic carbocycles. The Bertz CT molecular complexity index is 1120. The molecule has 3 heterocycles. The molecule has 0 radical (unpaired) electrons. The Morgan fingerprint density at radius 3 is 2.60 bits per heavy atom. The van der Waals surface area contributed by atoms with Crippen molar-refractivity contribution in [1.82, 2.24) is 19.6 Å². The number of halogens is 1. The third kappa shape index (κ3) is 4.15. The van der Waals surface area contributed by atoms with Gasteiger partial charge in [-0.05, 0) is 61.6 Å². The summed E-state index contributed by atoms with van der Waals surface area (Å²) in [5.41, 5.74) is 5.62. The standard InChI is InChI=1S/C27H36ClN5O2/c1-17-20-16-23-25(24(17)20)26(27(35)32-8-6-19(34)7-9-32)29-33(23)15-12-30-10-13-31(14-11-30)22-5-3-4-21(28)18(22)2/h3-5,17,19-20,24,34H,6-16H2,1-2H3/t17-,20?,24?/m1/s1. The van der Waals surface area contributed by atoms with Crippen molar-refractivity contribution in [3.8, 4) is 0 Å². The minimum absolute atomic E-state index is 0.0668. The van der Waals surface area contributed by atoms with Gasteiger partial charge in [0.05, 0.1) is 12.6 Å². The van der Waals surface area contributed by atoms with Gasteiger partial charge in [0, 0.05) is 67.8 Å². The van der Waals surface area contributed by atoms with Crippen molar-refractivity contribution in [2.75, 3.05) is 50.7 Å². The maximum absolute atomic E-state index is 13.4. The summed E-state index contributed by atoms with van der Waals surface area (Å²) in [6.45, 7) is 11.4. The first-order valence-electron chi connectivity index (χ1n) is 13.2. The quantitative estimate of drug-likeness (QED) is 0.687. The van der Waals surface area contributed by atoms with Crippen LogP contribution < -0.4 is 4.90 Å². The van der Waals surface area contributed by atoms with Crippen LogP contribution in [0.5, 0.6) is 0 Å². The van der Waals surface area contributed by atoms with Crippen molar-refractivity contribution >= 4 is 23.2 Å². The van der Waals surface area contributed by atoms with E-state index in [1.165, 1.54) is 16.9 Å². The summed E-state index contributed by atoms with van der Waals surface area (Å²) in [4.78, 5) is 20.3. The number of anilines is 1. The van der Waals surface area contributed by atoms with Gasteiger partial charge in [-0.1, -0.05) is 24.6 Å². The molecule has 1 amide bonds. The molecule has 4 aliphatic rings. The number of benzene rings is 1. The molecule has 0 spiro atoms. The number of hydrogen-bond donors (Lipinski definition) is 1. The number of amides is 1. The molecule has 7 nitrogen and oxygen atoms in total. The molecular weight excluding hydrogens is 462 g/mol. The summed E-state index contributed by atoms with van der Waals surface area (Å²) < 4.78 is 2.15. The smallest absolute Gasteiger partial charge is 0.274 e. The SMILES string of the molecule is Cc1c(Cl)cccc1N1CCN(CCn2nc(C(=O)N3CCC(O)CC3)c3c2CC2C3[C@@H]2C)CC1. The van der Waals surface area contributed by atoms with E-state index >= 15 is 0 Å². The third-order valence-corrected chi connectivity index (χ3v) is 9.37. The second-order valence-electron chi connectivity index (χ2n) is 10.9. The molecule has 0 bridgehead atoms. The van der Waals surface area contributed by atoms with Crippen molar-refractivity contribution in [2.45, 2.75) is 51.7 Å². The molecule has 2 aromatic rings. The van der Waals surface area contributed by atoms with Crippen LogP contribution in [0, 0.1) is 18.8 Å². The zero-order valence-corrected chi connectivity index (χ0v) is 21.5. The maximum atomic E-state index is 13.4. The largest absolute Gasteiger partial charge is 0.393 e. The zero-order chi connectivity index (χ0) is 24.3. The molecule has 2 aliphatic heterocycles. The van der Waals surface area contributed by atoms with Gasteiger partial charge in [-0.3, -0.25) is 14.4 Å². The maximum Gasteiger partial charge on any atom is 0.274 e. The molecule has 2 aliphatic carbocycles. The number of rotatable bonds is 5. The van der Waals surface area contributed by atoms with Crippen molar-refractivity contribution in [3.63, 3.8) is 0 Å². The van der Waals surface area contributed by atoms with Gasteiger partial charge in [0.2, 0.25) is 0 Å². The first-order valence-corrected chi connectivity index (χ1v) is 13.6. The Balaban J connectivity index is 1.12. The molecule has 1 saturated carbocycles. The van der Waals surface area contributed by atoms with E-state index < -0.39 is 0 Å². The first-order chi connectivity index (χ1) is 16.9. The lowest BCUT2D eigenvalue weighted by Crippen LogP contribution is -2.47. The predicted octanol–water partition coefficient (Wildman–Crippen LogP) is 3.17. The molecule has 2 saturated heterocycles. The number of carbonyl (C=O) groups excluding carboxylic acids is 1. The van der Waals surface area contributed by atoms with Gasteiger partial charge in [0.1, 0.15) is 0 Å². The molecule has 1 aromatic heterocycles. The van der Waals surface area contributed by atoms with E-state index in [9.17, 15) is 9.90 Å². The van der Waals surface area contributed by atoms with Gasteiger partial charge in [-0.25, -0.2) is 0 Å². The van der Waals surface area contributed by atoms with Crippen LogP contribution >= 0.6 is 11.6 Å². The third-order valence-electron chi connectivity index (χ3n) is 8.96. The Morgan fingerprint density at radius 2 is 1.86 bits per heavy atom. The van der Waals surface area contributed by atoms with E-state index in [1.807, 2.05) is 17.0 Å². The summed E-state index contributed by atoms with van der Waals surface area (Å²) in [6, 6.07) is 6.15. The molecule has 188 valence electrons. The van der Waals surface area contributed by atoms with Crippen molar-refractivity contribution in [1.29, 1.82) is 0 Å². The van der Waals surface area contributed by atoms with Crippen molar-refractivity contribution in [2.24, 2.45) is 11.8 Å². The number of fused-ring (bicyclic) bond motifs is 3. The number of piperazine rings is 1. The number of hydrogen-bond acceptors (Lipinski definition) is 5. The Morgan fingerprint density at radius 1 is 1.11 bits per heavy atom. The van der Waals surface area contributed by atoms with E-state index in [1.54, 1.807) is 0 Å². The summed E-state index contributed by atoms with van der Waals surface area (Å²) in [6.07, 6.45) is 2.11. The Kier molecular flexibility index (Phi) is 6.06. The molecule has 8 heteroatoms. The summed E-state index contributed by atoms with van der Waals surface area (Å²) in [5.74, 6) is 1.93. The normalized spacial score (nSPS) is 26.7. The average Bonchev–Trinajstić information content (AvgIpc) is 3.18. The van der Waals surface area contributed by atoms with Crippen LogP contribution in [0.2, 0.25) is 5.02 Å². The molecule has 35 heavy (non-hydrogen) atoms. The van der Waals surface area contributed by atoms with Crippen LogP contribution in [0.25, 0.3) is 0 Å². The highest BCUT2D eigenvalue weighted by molar-refractivity contribution is 6.31. The Labute approximate surface area is 212 Å². The molecule has 2 unspecified atom stereocenters. The topological polar surface area (TPSA) is 64.8 Å². The summed E-state index contributed by atoms with van der Waals surface area (Å²) in [7, 11) is 0. The average molecular weight is 498 g/mol. The van der Waals surface area contributed by atoms with Crippen LogP contribution in [-0.2, 0) is 13.0 Å². The highest BCUT2D eigenvalue weighted by Gasteiger charge is 2.56. The lowest BCUT2D eigenvalue weighted by Gasteiger charge is -2.37. The number of carbonyl (C=O) groups is 1. The summed E-state index contributed by atoms with van der Waals surface area (Å²) >= 11 is 6.34. The van der Waals surface area contributed by atoms with Gasteiger partial charge in [0.15, 0.2) is 5.69 Å². The fourth-order valence-electron chi connectivity index (χ4n) is 6.58. The van der Waals surface area contributed by atoms with Gasteiger partial charge in [-0.15, -0.1) is 0 Å². The minimum atomic E-state index is -0.279. The number of piperidine rings is 1. The zero-order valence-electron chi connectivity index (χ0n) is 20.8. The molecule has 3 atom stereocenters. The predicted molar refractivity (Wildman–Crippen MR) is 137 cm³/mol. The van der Waals surface area contributed by atoms with Crippen LogP contribution in [0.15, 0.2) is 18.2 Å². The van der Waals surface area contributed by atoms with Crippen molar-refractivity contribution < 1.29 is 9.90 Å². The Hall–Kier alpha value is -2.09. The second kappa shape index (κ2) is 9.09. The van der Waals surface area contributed by atoms with Gasteiger partial charge in [0.25, 0.3) is 5.91 Å². The van der Waals surface area contributed by atoms with Crippen LogP contribution in [0.4, 0.5) is 5.69 Å². The highest BCUT2D eigenvalue weighted by atomic mass is 35.5. The van der Waals surface area contributed by atoms with E-state index in [2.05, 4.69) is 34.4 Å².